The normalized spacial score (nSPS) is 12.7. The molecular formula is C22H17F3N2O3S. The van der Waals surface area contributed by atoms with Gasteiger partial charge in [0.05, 0.1) is 4.90 Å². The van der Waals surface area contributed by atoms with Crippen molar-refractivity contribution >= 4 is 21.6 Å². The van der Waals surface area contributed by atoms with Gasteiger partial charge in [-0.1, -0.05) is 36.4 Å². The number of benzene rings is 3. The summed E-state index contributed by atoms with van der Waals surface area (Å²) in [6.45, 7) is -1.50. The summed E-state index contributed by atoms with van der Waals surface area (Å²) >= 11 is 0. The number of rotatable bonds is 5. The number of amides is 1. The number of anilines is 1. The molecule has 1 aliphatic rings. The molecule has 0 saturated carbocycles. The number of fused-ring (bicyclic) bond motifs is 3. The number of nitrogens with one attached hydrogen (secondary N) is 2. The second-order valence-electron chi connectivity index (χ2n) is 7.14. The number of halogens is 3. The summed E-state index contributed by atoms with van der Waals surface area (Å²) in [4.78, 5) is 11.7. The zero-order valence-corrected chi connectivity index (χ0v) is 16.8. The van der Waals surface area contributed by atoms with Crippen molar-refractivity contribution in [3.63, 3.8) is 0 Å². The van der Waals surface area contributed by atoms with Crippen molar-refractivity contribution in [3.8, 4) is 11.1 Å². The molecule has 0 bridgehead atoms. The zero-order chi connectivity index (χ0) is 22.2. The lowest BCUT2D eigenvalue weighted by Crippen LogP contribution is -2.33. The van der Waals surface area contributed by atoms with Crippen LogP contribution in [0, 0.1) is 0 Å². The topological polar surface area (TPSA) is 75.3 Å². The van der Waals surface area contributed by atoms with Crippen molar-refractivity contribution in [2.75, 3.05) is 11.3 Å². The van der Waals surface area contributed by atoms with E-state index in [0.717, 1.165) is 28.3 Å². The predicted octanol–water partition coefficient (Wildman–Crippen LogP) is 4.35. The third-order valence-corrected chi connectivity index (χ3v) is 6.28. The highest BCUT2D eigenvalue weighted by Gasteiger charge is 2.28. The van der Waals surface area contributed by atoms with Gasteiger partial charge in [0.2, 0.25) is 0 Å². The number of carbonyl (C=O) groups excluding carboxylic acids is 1. The van der Waals surface area contributed by atoms with Crippen LogP contribution in [0.15, 0.2) is 71.6 Å². The smallest absolute Gasteiger partial charge is 0.343 e. The van der Waals surface area contributed by atoms with Crippen LogP contribution in [0.4, 0.5) is 18.9 Å². The summed E-state index contributed by atoms with van der Waals surface area (Å²) in [5.74, 6) is -1.01. The molecule has 5 nitrogen and oxygen atoms in total. The molecule has 0 spiro atoms. The van der Waals surface area contributed by atoms with E-state index in [-0.39, 0.29) is 10.5 Å². The Balaban J connectivity index is 1.54. The van der Waals surface area contributed by atoms with E-state index in [1.54, 1.807) is 17.4 Å². The Bertz CT molecular complexity index is 1270. The van der Waals surface area contributed by atoms with Crippen molar-refractivity contribution in [2.24, 2.45) is 0 Å². The zero-order valence-electron chi connectivity index (χ0n) is 16.0. The molecule has 31 heavy (non-hydrogen) atoms. The molecule has 0 atom stereocenters. The van der Waals surface area contributed by atoms with Gasteiger partial charge >= 0.3 is 6.18 Å². The van der Waals surface area contributed by atoms with Gasteiger partial charge < -0.3 is 5.32 Å². The van der Waals surface area contributed by atoms with Crippen LogP contribution in [0.2, 0.25) is 0 Å². The van der Waals surface area contributed by atoms with Crippen LogP contribution in [0.1, 0.15) is 21.5 Å². The Hall–Kier alpha value is -3.33. The molecule has 0 fully saturated rings. The van der Waals surface area contributed by atoms with Gasteiger partial charge in [0.25, 0.3) is 15.9 Å². The van der Waals surface area contributed by atoms with Gasteiger partial charge in [0, 0.05) is 11.3 Å². The molecule has 0 saturated heterocycles. The molecule has 1 amide bonds. The third kappa shape index (κ3) is 4.56. The molecule has 0 heterocycles. The number of carbonyl (C=O) groups is 1. The van der Waals surface area contributed by atoms with Gasteiger partial charge in [-0.3, -0.25) is 9.52 Å². The van der Waals surface area contributed by atoms with E-state index in [1.807, 2.05) is 30.3 Å². The molecule has 3 aromatic rings. The van der Waals surface area contributed by atoms with Gasteiger partial charge in [-0.25, -0.2) is 8.42 Å². The fourth-order valence-electron chi connectivity index (χ4n) is 3.51. The molecular weight excluding hydrogens is 429 g/mol. The summed E-state index contributed by atoms with van der Waals surface area (Å²) < 4.78 is 65.0. The minimum atomic E-state index is -4.56. The standard InChI is InChI=1S/C22H17F3N2O3S/c23-22(24,25)13-26-21(28)15-5-3-6-18(12-15)31(29,30)27-17-8-9-20-16(11-17)10-14-4-1-2-7-19(14)20/h1-9,11-12,27H,10,13H2,(H,26,28). The molecule has 0 aromatic heterocycles. The Morgan fingerprint density at radius 1 is 0.903 bits per heavy atom. The van der Waals surface area contributed by atoms with E-state index in [9.17, 15) is 26.4 Å². The first-order chi connectivity index (χ1) is 14.6. The average Bonchev–Trinajstić information content (AvgIpc) is 3.09. The first kappa shape index (κ1) is 20.9. The first-order valence-electron chi connectivity index (χ1n) is 9.31. The maximum atomic E-state index is 12.8. The largest absolute Gasteiger partial charge is 0.405 e. The minimum Gasteiger partial charge on any atom is -0.343 e. The Morgan fingerprint density at radius 2 is 1.65 bits per heavy atom. The second-order valence-corrected chi connectivity index (χ2v) is 8.82. The predicted molar refractivity (Wildman–Crippen MR) is 110 cm³/mol. The van der Waals surface area contributed by atoms with Gasteiger partial charge in [-0.15, -0.1) is 0 Å². The molecule has 0 aliphatic heterocycles. The van der Waals surface area contributed by atoms with Crippen molar-refractivity contribution < 1.29 is 26.4 Å². The summed E-state index contributed by atoms with van der Waals surface area (Å²) in [6.07, 6.45) is -3.87. The van der Waals surface area contributed by atoms with Crippen LogP contribution in [0.5, 0.6) is 0 Å². The highest BCUT2D eigenvalue weighted by atomic mass is 32.2. The van der Waals surface area contributed by atoms with Gasteiger partial charge in [0.15, 0.2) is 0 Å². The molecule has 0 unspecified atom stereocenters. The van der Waals surface area contributed by atoms with Crippen LogP contribution < -0.4 is 10.0 Å². The van der Waals surface area contributed by atoms with Crippen LogP contribution >= 0.6 is 0 Å². The summed E-state index contributed by atoms with van der Waals surface area (Å²) in [7, 11) is -4.05. The van der Waals surface area contributed by atoms with Crippen molar-refractivity contribution in [1.82, 2.24) is 5.32 Å². The SMILES string of the molecule is O=C(NCC(F)(F)F)c1cccc(S(=O)(=O)Nc2ccc3c(c2)Cc2ccccc2-3)c1. The van der Waals surface area contributed by atoms with Crippen LogP contribution in [0.3, 0.4) is 0 Å². The van der Waals surface area contributed by atoms with Gasteiger partial charge in [-0.05, 0) is 59.0 Å². The molecule has 160 valence electrons. The highest BCUT2D eigenvalue weighted by Crippen LogP contribution is 2.37. The van der Waals surface area contributed by atoms with E-state index in [2.05, 4.69) is 4.72 Å². The Morgan fingerprint density at radius 3 is 2.42 bits per heavy atom. The van der Waals surface area contributed by atoms with E-state index >= 15 is 0 Å². The van der Waals surface area contributed by atoms with E-state index in [1.165, 1.54) is 18.2 Å². The molecule has 3 aromatic carbocycles. The van der Waals surface area contributed by atoms with E-state index in [4.69, 9.17) is 0 Å². The lowest BCUT2D eigenvalue weighted by molar-refractivity contribution is -0.123. The first-order valence-corrected chi connectivity index (χ1v) is 10.8. The summed E-state index contributed by atoms with van der Waals surface area (Å²) in [6, 6.07) is 18.0. The maximum absolute atomic E-state index is 12.8. The highest BCUT2D eigenvalue weighted by molar-refractivity contribution is 7.92. The molecule has 9 heteroatoms. The number of alkyl halides is 3. The van der Waals surface area contributed by atoms with Crippen molar-refractivity contribution in [1.29, 1.82) is 0 Å². The number of hydrogen-bond acceptors (Lipinski definition) is 3. The summed E-state index contributed by atoms with van der Waals surface area (Å²) in [5.41, 5.74) is 4.48. The quantitative estimate of drug-likeness (QED) is 0.479. The molecule has 0 radical (unpaired) electrons. The van der Waals surface area contributed by atoms with Crippen molar-refractivity contribution in [3.05, 3.63) is 83.4 Å². The van der Waals surface area contributed by atoms with E-state index in [0.29, 0.717) is 12.1 Å². The Labute approximate surface area is 177 Å². The summed E-state index contributed by atoms with van der Waals surface area (Å²) in [5, 5.41) is 1.73. The third-order valence-electron chi connectivity index (χ3n) is 4.90. The lowest BCUT2D eigenvalue weighted by Gasteiger charge is -2.12. The second kappa shape index (κ2) is 7.73. The van der Waals surface area contributed by atoms with Gasteiger partial charge in [-0.2, -0.15) is 13.2 Å². The van der Waals surface area contributed by atoms with E-state index < -0.39 is 28.7 Å². The van der Waals surface area contributed by atoms with Crippen LogP contribution in [0.25, 0.3) is 11.1 Å². The Kier molecular flexibility index (Phi) is 5.22. The van der Waals surface area contributed by atoms with Gasteiger partial charge in [0.1, 0.15) is 6.54 Å². The minimum absolute atomic E-state index is 0.184. The van der Waals surface area contributed by atoms with Crippen LogP contribution in [-0.2, 0) is 16.4 Å². The number of sulfonamides is 1. The van der Waals surface area contributed by atoms with Crippen LogP contribution in [-0.4, -0.2) is 27.0 Å². The van der Waals surface area contributed by atoms with Crippen molar-refractivity contribution in [2.45, 2.75) is 17.5 Å². The molecule has 2 N–H and O–H groups in total. The maximum Gasteiger partial charge on any atom is 0.405 e. The fourth-order valence-corrected chi connectivity index (χ4v) is 4.60. The molecule has 1 aliphatic carbocycles. The average molecular weight is 446 g/mol. The lowest BCUT2D eigenvalue weighted by atomic mass is 10.1. The monoisotopic (exact) mass is 446 g/mol. The number of hydrogen-bond donors (Lipinski definition) is 2. The fraction of sp³-hybridized carbons (Fsp3) is 0.136. The molecule has 4 rings (SSSR count).